The zero-order valence-electron chi connectivity index (χ0n) is 16.3. The van der Waals surface area contributed by atoms with Gasteiger partial charge in [-0.05, 0) is 40.1 Å². The van der Waals surface area contributed by atoms with Crippen molar-refractivity contribution in [3.8, 4) is 22.4 Å². The number of likely N-dealkylation sites (tertiary alicyclic amines) is 1. The molecule has 6 heteroatoms. The molecule has 2 heterocycles. The summed E-state index contributed by atoms with van der Waals surface area (Å²) >= 11 is 0. The van der Waals surface area contributed by atoms with Crippen LogP contribution < -0.4 is 5.73 Å². The predicted molar refractivity (Wildman–Crippen MR) is 117 cm³/mol. The number of fused-ring (bicyclic) bond motifs is 1. The van der Waals surface area contributed by atoms with Gasteiger partial charge in [-0.2, -0.15) is 5.10 Å². The van der Waals surface area contributed by atoms with Crippen LogP contribution in [0.5, 0.6) is 0 Å². The Bertz CT molecular complexity index is 1210. The van der Waals surface area contributed by atoms with E-state index in [9.17, 15) is 9.90 Å². The Labute approximate surface area is 173 Å². The molecule has 4 aromatic rings. The average molecular weight is 398 g/mol. The zero-order valence-corrected chi connectivity index (χ0v) is 16.3. The summed E-state index contributed by atoms with van der Waals surface area (Å²) in [5.41, 5.74) is 10.7. The summed E-state index contributed by atoms with van der Waals surface area (Å²) in [6.45, 7) is 0.630. The third kappa shape index (κ3) is 3.16. The van der Waals surface area contributed by atoms with Crippen LogP contribution in [0.1, 0.15) is 10.4 Å². The molecule has 6 nitrogen and oxygen atoms in total. The van der Waals surface area contributed by atoms with Gasteiger partial charge in [-0.3, -0.25) is 9.89 Å². The molecule has 0 radical (unpaired) electrons. The van der Waals surface area contributed by atoms with Gasteiger partial charge in [0, 0.05) is 36.5 Å². The van der Waals surface area contributed by atoms with Gasteiger partial charge in [0.25, 0.3) is 5.91 Å². The number of hydrogen-bond acceptors (Lipinski definition) is 4. The number of H-pyrrole nitrogens is 1. The van der Waals surface area contributed by atoms with Crippen molar-refractivity contribution in [2.45, 2.75) is 12.1 Å². The summed E-state index contributed by atoms with van der Waals surface area (Å²) in [6, 6.07) is 21.6. The van der Waals surface area contributed by atoms with Crippen LogP contribution >= 0.6 is 0 Å². The number of nitrogens with one attached hydrogen (secondary N) is 1. The molecule has 1 amide bonds. The van der Waals surface area contributed by atoms with Crippen molar-refractivity contribution >= 4 is 16.7 Å². The molecule has 30 heavy (non-hydrogen) atoms. The first-order valence-electron chi connectivity index (χ1n) is 9.96. The Balaban J connectivity index is 1.58. The Kier molecular flexibility index (Phi) is 4.58. The van der Waals surface area contributed by atoms with Crippen LogP contribution in [0.15, 0.2) is 72.9 Å². The summed E-state index contributed by atoms with van der Waals surface area (Å²) in [7, 11) is 0. The standard InChI is InChI=1S/C24H22N4O2/c25-21-13-28(14-23(21)29)24(30)20-9-3-7-18-17(6-2-8-19(18)20)15-4-1-5-16(12-15)22-10-11-26-27-22/h1-12,21,23,29H,13-14,25H2,(H,26,27)/t21-,23-/m1/s1. The highest BCUT2D eigenvalue weighted by molar-refractivity contribution is 6.10. The summed E-state index contributed by atoms with van der Waals surface area (Å²) in [6.07, 6.45) is 1.06. The SMILES string of the molecule is N[C@@H]1CN(C(=O)c2cccc3c(-c4cccc(-c5ccn[nH]5)c4)cccc23)C[C@H]1O. The van der Waals surface area contributed by atoms with Crippen LogP contribution in [0.4, 0.5) is 0 Å². The van der Waals surface area contributed by atoms with Crippen LogP contribution in [-0.4, -0.2) is 51.3 Å². The third-order valence-corrected chi connectivity index (χ3v) is 5.76. The van der Waals surface area contributed by atoms with Gasteiger partial charge in [0.15, 0.2) is 0 Å². The lowest BCUT2D eigenvalue weighted by Crippen LogP contribution is -2.33. The van der Waals surface area contributed by atoms with E-state index in [0.29, 0.717) is 12.1 Å². The minimum atomic E-state index is -0.676. The third-order valence-electron chi connectivity index (χ3n) is 5.76. The number of aromatic amines is 1. The topological polar surface area (TPSA) is 95.2 Å². The highest BCUT2D eigenvalue weighted by Gasteiger charge is 2.32. The number of β-amino-alcohol motifs (C(OH)–C–C–N with tert-alkyl or cyclic N) is 1. The second-order valence-electron chi connectivity index (χ2n) is 7.70. The van der Waals surface area contributed by atoms with Gasteiger partial charge in [-0.15, -0.1) is 0 Å². The largest absolute Gasteiger partial charge is 0.390 e. The number of carbonyl (C=O) groups excluding carboxylic acids is 1. The Morgan fingerprint density at radius 1 is 1.00 bits per heavy atom. The molecule has 1 aliphatic heterocycles. The molecule has 1 aromatic heterocycles. The van der Waals surface area contributed by atoms with Crippen LogP contribution in [0.3, 0.4) is 0 Å². The lowest BCUT2D eigenvalue weighted by Gasteiger charge is -2.18. The molecular formula is C24H22N4O2. The number of hydrogen-bond donors (Lipinski definition) is 3. The van der Waals surface area contributed by atoms with Gasteiger partial charge in [-0.25, -0.2) is 0 Å². The van der Waals surface area contributed by atoms with Crippen molar-refractivity contribution in [2.75, 3.05) is 13.1 Å². The van der Waals surface area contributed by atoms with E-state index in [4.69, 9.17) is 5.73 Å². The molecule has 1 saturated heterocycles. The molecule has 2 atom stereocenters. The number of benzene rings is 3. The van der Waals surface area contributed by atoms with Gasteiger partial charge >= 0.3 is 0 Å². The van der Waals surface area contributed by atoms with E-state index < -0.39 is 12.1 Å². The summed E-state index contributed by atoms with van der Waals surface area (Å²) in [5.74, 6) is -0.101. The summed E-state index contributed by atoms with van der Waals surface area (Å²) < 4.78 is 0. The quantitative estimate of drug-likeness (QED) is 0.494. The smallest absolute Gasteiger partial charge is 0.254 e. The molecule has 1 fully saturated rings. The normalized spacial score (nSPS) is 18.8. The number of aliphatic hydroxyl groups excluding tert-OH is 1. The van der Waals surface area contributed by atoms with Crippen LogP contribution in [0.25, 0.3) is 33.2 Å². The van der Waals surface area contributed by atoms with Crippen LogP contribution in [-0.2, 0) is 0 Å². The molecule has 0 aliphatic carbocycles. The minimum absolute atomic E-state index is 0.101. The van der Waals surface area contributed by atoms with Crippen molar-refractivity contribution in [1.29, 1.82) is 0 Å². The summed E-state index contributed by atoms with van der Waals surface area (Å²) in [5, 5.41) is 18.9. The first-order valence-corrected chi connectivity index (χ1v) is 9.96. The first-order chi connectivity index (χ1) is 14.6. The maximum absolute atomic E-state index is 13.2. The zero-order chi connectivity index (χ0) is 20.7. The molecule has 150 valence electrons. The van der Waals surface area contributed by atoms with Gasteiger partial charge in [0.2, 0.25) is 0 Å². The highest BCUT2D eigenvalue weighted by Crippen LogP contribution is 2.33. The van der Waals surface area contributed by atoms with Gasteiger partial charge < -0.3 is 15.7 Å². The number of aliphatic hydroxyl groups is 1. The van der Waals surface area contributed by atoms with Gasteiger partial charge in [-0.1, -0.05) is 48.5 Å². The van der Waals surface area contributed by atoms with Crippen molar-refractivity contribution in [1.82, 2.24) is 15.1 Å². The second-order valence-corrected chi connectivity index (χ2v) is 7.70. The van der Waals surface area contributed by atoms with E-state index >= 15 is 0 Å². The Morgan fingerprint density at radius 3 is 2.53 bits per heavy atom. The predicted octanol–water partition coefficient (Wildman–Crippen LogP) is 3.04. The van der Waals surface area contributed by atoms with E-state index in [0.717, 1.165) is 33.2 Å². The maximum Gasteiger partial charge on any atom is 0.254 e. The first kappa shape index (κ1) is 18.5. The van der Waals surface area contributed by atoms with Crippen molar-refractivity contribution < 1.29 is 9.90 Å². The van der Waals surface area contributed by atoms with Crippen LogP contribution in [0, 0.1) is 0 Å². The molecule has 0 spiro atoms. The van der Waals surface area contributed by atoms with E-state index in [1.54, 1.807) is 11.1 Å². The molecule has 1 aliphatic rings. The number of aromatic nitrogens is 2. The summed E-state index contributed by atoms with van der Waals surface area (Å²) in [4.78, 5) is 14.8. The number of nitrogens with two attached hydrogens (primary N) is 1. The van der Waals surface area contributed by atoms with Crippen molar-refractivity contribution in [3.63, 3.8) is 0 Å². The Hall–Kier alpha value is -3.48. The monoisotopic (exact) mass is 398 g/mol. The Morgan fingerprint density at radius 2 is 1.77 bits per heavy atom. The second kappa shape index (κ2) is 7.40. The van der Waals surface area contributed by atoms with Gasteiger partial charge in [0.1, 0.15) is 0 Å². The fraction of sp³-hybridized carbons (Fsp3) is 0.167. The molecule has 0 saturated carbocycles. The highest BCUT2D eigenvalue weighted by atomic mass is 16.3. The fourth-order valence-corrected chi connectivity index (χ4v) is 4.17. The number of amides is 1. The average Bonchev–Trinajstić information content (AvgIpc) is 3.43. The molecule has 5 rings (SSSR count). The minimum Gasteiger partial charge on any atom is -0.390 e. The van der Waals surface area contributed by atoms with E-state index in [1.807, 2.05) is 48.5 Å². The van der Waals surface area contributed by atoms with Gasteiger partial charge in [0.05, 0.1) is 11.8 Å². The lowest BCUT2D eigenvalue weighted by molar-refractivity contribution is 0.0767. The molecule has 4 N–H and O–H groups in total. The molecular weight excluding hydrogens is 376 g/mol. The van der Waals surface area contributed by atoms with Crippen LogP contribution in [0.2, 0.25) is 0 Å². The van der Waals surface area contributed by atoms with E-state index in [2.05, 4.69) is 28.4 Å². The molecule has 3 aromatic carbocycles. The van der Waals surface area contributed by atoms with Crippen molar-refractivity contribution in [3.05, 3.63) is 78.5 Å². The lowest BCUT2D eigenvalue weighted by atomic mass is 9.94. The molecule has 0 bridgehead atoms. The number of rotatable bonds is 3. The number of carbonyl (C=O) groups is 1. The number of nitrogens with zero attached hydrogens (tertiary/aromatic N) is 2. The maximum atomic E-state index is 13.2. The van der Waals surface area contributed by atoms with E-state index in [1.165, 1.54) is 0 Å². The van der Waals surface area contributed by atoms with E-state index in [-0.39, 0.29) is 12.5 Å². The van der Waals surface area contributed by atoms with Crippen molar-refractivity contribution in [2.24, 2.45) is 5.73 Å². The molecule has 0 unspecified atom stereocenters. The fourth-order valence-electron chi connectivity index (χ4n) is 4.17.